The van der Waals surface area contributed by atoms with Crippen molar-refractivity contribution in [3.63, 3.8) is 0 Å². The SMILES string of the molecule is O=C(O)CC(Nc1ncc(Br)cc1[N+](=O)[O-])C1CC1. The van der Waals surface area contributed by atoms with Crippen LogP contribution in [0, 0.1) is 16.0 Å². The van der Waals surface area contributed by atoms with Gasteiger partial charge in [0.05, 0.1) is 11.3 Å². The Morgan fingerprint density at radius 1 is 1.68 bits per heavy atom. The number of rotatable bonds is 6. The molecule has 1 aromatic rings. The number of halogens is 1. The zero-order valence-corrected chi connectivity index (χ0v) is 11.5. The number of nitrogens with zero attached hydrogens (tertiary/aromatic N) is 2. The molecule has 1 aliphatic carbocycles. The minimum Gasteiger partial charge on any atom is -0.481 e. The van der Waals surface area contributed by atoms with Crippen LogP contribution in [0.25, 0.3) is 0 Å². The Kier molecular flexibility index (Phi) is 3.98. The molecular formula is C11H12BrN3O4. The van der Waals surface area contributed by atoms with E-state index in [9.17, 15) is 14.9 Å². The Morgan fingerprint density at radius 3 is 2.89 bits per heavy atom. The van der Waals surface area contributed by atoms with Crippen molar-refractivity contribution in [1.29, 1.82) is 0 Å². The Bertz CT molecular complexity index is 519. The number of anilines is 1. The van der Waals surface area contributed by atoms with Crippen LogP contribution in [0.3, 0.4) is 0 Å². The summed E-state index contributed by atoms with van der Waals surface area (Å²) in [6.45, 7) is 0. The largest absolute Gasteiger partial charge is 0.481 e. The van der Waals surface area contributed by atoms with Crippen molar-refractivity contribution in [3.8, 4) is 0 Å². The monoisotopic (exact) mass is 329 g/mol. The minimum atomic E-state index is -0.927. The molecule has 0 saturated heterocycles. The standard InChI is InChI=1S/C11H12BrN3O4/c12-7-3-9(15(18)19)11(13-5-7)14-8(4-10(16)17)6-1-2-6/h3,5-6,8H,1-2,4H2,(H,13,14)(H,16,17). The highest BCUT2D eigenvalue weighted by atomic mass is 79.9. The van der Waals surface area contributed by atoms with Gasteiger partial charge in [0.2, 0.25) is 5.82 Å². The van der Waals surface area contributed by atoms with E-state index < -0.39 is 10.9 Å². The molecule has 1 aliphatic rings. The van der Waals surface area contributed by atoms with Gasteiger partial charge in [0, 0.05) is 22.8 Å². The van der Waals surface area contributed by atoms with E-state index >= 15 is 0 Å². The fraction of sp³-hybridized carbons (Fsp3) is 0.455. The summed E-state index contributed by atoms with van der Waals surface area (Å²) < 4.78 is 0.506. The average Bonchev–Trinajstić information content (AvgIpc) is 3.13. The minimum absolute atomic E-state index is 0.0699. The molecule has 1 fully saturated rings. The molecule has 0 bridgehead atoms. The van der Waals surface area contributed by atoms with E-state index in [0.717, 1.165) is 12.8 Å². The molecule has 2 rings (SSSR count). The van der Waals surface area contributed by atoms with Crippen molar-refractivity contribution in [1.82, 2.24) is 4.98 Å². The van der Waals surface area contributed by atoms with Gasteiger partial charge in [-0.1, -0.05) is 0 Å². The first kappa shape index (κ1) is 13.7. The van der Waals surface area contributed by atoms with E-state index in [-0.39, 0.29) is 29.9 Å². The second kappa shape index (κ2) is 5.52. The Hall–Kier alpha value is -1.70. The predicted molar refractivity (Wildman–Crippen MR) is 71.0 cm³/mol. The summed E-state index contributed by atoms with van der Waals surface area (Å²) in [4.78, 5) is 25.2. The van der Waals surface area contributed by atoms with Crippen LogP contribution in [-0.2, 0) is 4.79 Å². The zero-order valence-electron chi connectivity index (χ0n) is 9.88. The molecular weight excluding hydrogens is 318 g/mol. The van der Waals surface area contributed by atoms with Gasteiger partial charge in [0.25, 0.3) is 0 Å². The van der Waals surface area contributed by atoms with Gasteiger partial charge < -0.3 is 10.4 Å². The number of carboxylic acid groups (broad SMARTS) is 1. The number of nitro groups is 1. The first-order valence-corrected chi connectivity index (χ1v) is 6.55. The number of nitrogens with one attached hydrogen (secondary N) is 1. The maximum absolute atomic E-state index is 11.0. The second-order valence-electron chi connectivity index (χ2n) is 4.46. The zero-order chi connectivity index (χ0) is 14.0. The third-order valence-corrected chi connectivity index (χ3v) is 3.37. The molecule has 1 heterocycles. The number of carbonyl (C=O) groups is 1. The summed E-state index contributed by atoms with van der Waals surface area (Å²) in [5.74, 6) is -0.559. The van der Waals surface area contributed by atoms with Crippen LogP contribution in [-0.4, -0.2) is 27.0 Å². The molecule has 1 saturated carbocycles. The van der Waals surface area contributed by atoms with Crippen LogP contribution in [0.5, 0.6) is 0 Å². The maximum atomic E-state index is 11.0. The van der Waals surface area contributed by atoms with Crippen molar-refractivity contribution in [2.24, 2.45) is 5.92 Å². The lowest BCUT2D eigenvalue weighted by molar-refractivity contribution is -0.384. The van der Waals surface area contributed by atoms with E-state index in [0.29, 0.717) is 4.47 Å². The van der Waals surface area contributed by atoms with Crippen molar-refractivity contribution in [2.75, 3.05) is 5.32 Å². The molecule has 8 heteroatoms. The average molecular weight is 330 g/mol. The van der Waals surface area contributed by atoms with Crippen LogP contribution in [0.1, 0.15) is 19.3 Å². The summed E-state index contributed by atoms with van der Waals surface area (Å²) >= 11 is 3.12. The van der Waals surface area contributed by atoms with E-state index in [2.05, 4.69) is 26.2 Å². The molecule has 7 nitrogen and oxygen atoms in total. The van der Waals surface area contributed by atoms with E-state index in [4.69, 9.17) is 5.11 Å². The second-order valence-corrected chi connectivity index (χ2v) is 5.38. The molecule has 1 unspecified atom stereocenters. The molecule has 1 atom stereocenters. The lowest BCUT2D eigenvalue weighted by atomic mass is 10.1. The highest BCUT2D eigenvalue weighted by Gasteiger charge is 2.34. The van der Waals surface area contributed by atoms with Crippen LogP contribution < -0.4 is 5.32 Å². The fourth-order valence-corrected chi connectivity index (χ4v) is 2.20. The van der Waals surface area contributed by atoms with Crippen LogP contribution in [0.4, 0.5) is 11.5 Å². The maximum Gasteiger partial charge on any atom is 0.312 e. The van der Waals surface area contributed by atoms with Gasteiger partial charge in [-0.15, -0.1) is 0 Å². The third kappa shape index (κ3) is 3.63. The van der Waals surface area contributed by atoms with Crippen molar-refractivity contribution >= 4 is 33.4 Å². The van der Waals surface area contributed by atoms with Gasteiger partial charge in [-0.05, 0) is 34.7 Å². The fourth-order valence-electron chi connectivity index (χ4n) is 1.88. The normalized spacial score (nSPS) is 15.8. The molecule has 0 amide bonds. The molecule has 0 radical (unpaired) electrons. The Balaban J connectivity index is 2.20. The molecule has 0 spiro atoms. The van der Waals surface area contributed by atoms with E-state index in [1.165, 1.54) is 12.3 Å². The molecule has 0 aromatic carbocycles. The third-order valence-electron chi connectivity index (χ3n) is 2.94. The van der Waals surface area contributed by atoms with Crippen molar-refractivity contribution < 1.29 is 14.8 Å². The van der Waals surface area contributed by atoms with E-state index in [1.807, 2.05) is 0 Å². The molecule has 0 aliphatic heterocycles. The van der Waals surface area contributed by atoms with Crippen molar-refractivity contribution in [2.45, 2.75) is 25.3 Å². The lowest BCUT2D eigenvalue weighted by Crippen LogP contribution is -2.26. The summed E-state index contributed by atoms with van der Waals surface area (Å²) in [6.07, 6.45) is 3.25. The highest BCUT2D eigenvalue weighted by molar-refractivity contribution is 9.10. The molecule has 2 N–H and O–H groups in total. The van der Waals surface area contributed by atoms with Gasteiger partial charge in [0.15, 0.2) is 0 Å². The lowest BCUT2D eigenvalue weighted by Gasteiger charge is -2.16. The number of carboxylic acids is 1. The number of pyridine rings is 1. The highest BCUT2D eigenvalue weighted by Crippen LogP contribution is 2.37. The summed E-state index contributed by atoms with van der Waals surface area (Å²) in [5, 5.41) is 22.7. The van der Waals surface area contributed by atoms with Crippen molar-refractivity contribution in [3.05, 3.63) is 26.9 Å². The quantitative estimate of drug-likeness (QED) is 0.613. The van der Waals surface area contributed by atoms with Crippen LogP contribution >= 0.6 is 15.9 Å². The predicted octanol–water partition coefficient (Wildman–Crippen LogP) is 2.42. The van der Waals surface area contributed by atoms with Gasteiger partial charge in [0.1, 0.15) is 0 Å². The van der Waals surface area contributed by atoms with Gasteiger partial charge >= 0.3 is 11.7 Å². The molecule has 102 valence electrons. The molecule has 19 heavy (non-hydrogen) atoms. The van der Waals surface area contributed by atoms with Crippen LogP contribution in [0.2, 0.25) is 0 Å². The summed E-state index contributed by atoms with van der Waals surface area (Å²) in [7, 11) is 0. The number of hydrogen-bond donors (Lipinski definition) is 2. The first-order valence-electron chi connectivity index (χ1n) is 5.75. The summed E-state index contributed by atoms with van der Waals surface area (Å²) in [5.41, 5.74) is -0.162. The number of hydrogen-bond acceptors (Lipinski definition) is 5. The number of aromatic nitrogens is 1. The Labute approximate surface area is 117 Å². The number of aliphatic carboxylic acids is 1. The smallest absolute Gasteiger partial charge is 0.312 e. The first-order chi connectivity index (χ1) is 8.97. The Morgan fingerprint density at radius 2 is 2.37 bits per heavy atom. The topological polar surface area (TPSA) is 105 Å². The van der Waals surface area contributed by atoms with Gasteiger partial charge in [-0.25, -0.2) is 4.98 Å². The summed E-state index contributed by atoms with van der Waals surface area (Å²) in [6, 6.07) is 1.03. The van der Waals surface area contributed by atoms with Gasteiger partial charge in [-0.3, -0.25) is 14.9 Å². The molecule has 1 aromatic heterocycles. The van der Waals surface area contributed by atoms with E-state index in [1.54, 1.807) is 0 Å². The van der Waals surface area contributed by atoms with Gasteiger partial charge in [-0.2, -0.15) is 0 Å². The van der Waals surface area contributed by atoms with Crippen LogP contribution in [0.15, 0.2) is 16.7 Å².